The van der Waals surface area contributed by atoms with Crippen molar-refractivity contribution in [1.29, 1.82) is 0 Å². The van der Waals surface area contributed by atoms with E-state index in [0.717, 1.165) is 17.0 Å². The number of hydrogen-bond donors (Lipinski definition) is 2. The van der Waals surface area contributed by atoms with Crippen LogP contribution >= 0.6 is 0 Å². The van der Waals surface area contributed by atoms with Gasteiger partial charge in [0.15, 0.2) is 0 Å². The molecule has 0 aliphatic heterocycles. The van der Waals surface area contributed by atoms with Crippen LogP contribution < -0.4 is 15.8 Å². The fraction of sp³-hybridized carbons (Fsp3) is 0.294. The molecule has 2 aromatic carbocycles. The second-order valence-corrected chi connectivity index (χ2v) is 4.96. The maximum atomic E-state index is 5.93. The molecule has 0 amide bonds. The highest BCUT2D eigenvalue weighted by atomic mass is 16.5. The second-order valence-electron chi connectivity index (χ2n) is 4.96. The number of nitrogens with one attached hydrogen (secondary N) is 1. The Balaban J connectivity index is 2.26. The zero-order chi connectivity index (χ0) is 14.5. The average molecular weight is 270 g/mol. The molecule has 0 bridgehead atoms. The van der Waals surface area contributed by atoms with Gasteiger partial charge in [-0.2, -0.15) is 0 Å². The van der Waals surface area contributed by atoms with Crippen molar-refractivity contribution < 1.29 is 4.74 Å². The van der Waals surface area contributed by atoms with Crippen LogP contribution in [0.4, 0.5) is 5.69 Å². The molecule has 20 heavy (non-hydrogen) atoms. The molecule has 2 aromatic rings. The molecule has 0 aliphatic carbocycles. The highest BCUT2D eigenvalue weighted by Crippen LogP contribution is 2.25. The van der Waals surface area contributed by atoms with Crippen LogP contribution in [0.15, 0.2) is 42.5 Å². The van der Waals surface area contributed by atoms with Gasteiger partial charge in [0.25, 0.3) is 0 Å². The molecule has 3 heteroatoms. The number of rotatable bonds is 5. The Kier molecular flexibility index (Phi) is 4.64. The summed E-state index contributed by atoms with van der Waals surface area (Å²) in [4.78, 5) is 0. The van der Waals surface area contributed by atoms with E-state index in [2.05, 4.69) is 43.4 Å². The average Bonchev–Trinajstić information content (AvgIpc) is 2.49. The largest absolute Gasteiger partial charge is 0.497 e. The normalized spacial score (nSPS) is 12.0. The topological polar surface area (TPSA) is 47.3 Å². The number of aryl methyl sites for hydroxylation is 1. The van der Waals surface area contributed by atoms with Gasteiger partial charge in [0.2, 0.25) is 0 Å². The van der Waals surface area contributed by atoms with Crippen LogP contribution in [0.1, 0.15) is 22.7 Å². The minimum atomic E-state index is 0.0746. The molecule has 3 N–H and O–H groups in total. The van der Waals surface area contributed by atoms with Gasteiger partial charge in [-0.15, -0.1) is 0 Å². The van der Waals surface area contributed by atoms with Crippen molar-refractivity contribution in [3.8, 4) is 5.75 Å². The monoisotopic (exact) mass is 270 g/mol. The molecule has 0 fully saturated rings. The van der Waals surface area contributed by atoms with Gasteiger partial charge >= 0.3 is 0 Å². The Hall–Kier alpha value is -2.00. The molecule has 0 spiro atoms. The van der Waals surface area contributed by atoms with Crippen molar-refractivity contribution in [1.82, 2.24) is 0 Å². The van der Waals surface area contributed by atoms with Gasteiger partial charge in [0.05, 0.1) is 13.2 Å². The first-order valence-electron chi connectivity index (χ1n) is 6.82. The third-order valence-corrected chi connectivity index (χ3v) is 3.67. The van der Waals surface area contributed by atoms with E-state index in [1.54, 1.807) is 7.11 Å². The van der Waals surface area contributed by atoms with Crippen LogP contribution in [-0.4, -0.2) is 13.7 Å². The molecule has 2 rings (SSSR count). The smallest absolute Gasteiger partial charge is 0.119 e. The van der Waals surface area contributed by atoms with Crippen LogP contribution in [0.2, 0.25) is 0 Å². The maximum absolute atomic E-state index is 5.93. The molecule has 1 unspecified atom stereocenters. The molecule has 0 aliphatic rings. The molecule has 0 saturated heterocycles. The van der Waals surface area contributed by atoms with Crippen LogP contribution in [0, 0.1) is 13.8 Å². The van der Waals surface area contributed by atoms with Crippen LogP contribution in [0.5, 0.6) is 5.75 Å². The van der Waals surface area contributed by atoms with Crippen molar-refractivity contribution >= 4 is 5.69 Å². The molecular formula is C17H22N2O. The van der Waals surface area contributed by atoms with Crippen LogP contribution in [0.25, 0.3) is 0 Å². The van der Waals surface area contributed by atoms with E-state index in [1.807, 2.05) is 18.2 Å². The molecule has 0 heterocycles. The lowest BCUT2D eigenvalue weighted by atomic mass is 10.0. The fourth-order valence-electron chi connectivity index (χ4n) is 2.23. The van der Waals surface area contributed by atoms with Crippen molar-refractivity contribution in [2.45, 2.75) is 19.9 Å². The second kappa shape index (κ2) is 6.44. The zero-order valence-corrected chi connectivity index (χ0v) is 12.3. The lowest BCUT2D eigenvalue weighted by Gasteiger charge is -2.21. The minimum Gasteiger partial charge on any atom is -0.497 e. The van der Waals surface area contributed by atoms with E-state index < -0.39 is 0 Å². The predicted octanol–water partition coefficient (Wildman–Crippen LogP) is 3.42. The SMILES string of the molecule is COc1cccc(C(CN)Nc2cccc(C)c2C)c1. The Labute approximate surface area is 120 Å². The maximum Gasteiger partial charge on any atom is 0.119 e. The number of ether oxygens (including phenoxy) is 1. The van der Waals surface area contributed by atoms with E-state index in [9.17, 15) is 0 Å². The highest BCUT2D eigenvalue weighted by molar-refractivity contribution is 5.55. The van der Waals surface area contributed by atoms with E-state index in [0.29, 0.717) is 6.54 Å². The molecule has 3 nitrogen and oxygen atoms in total. The first-order valence-corrected chi connectivity index (χ1v) is 6.82. The first-order chi connectivity index (χ1) is 9.65. The summed E-state index contributed by atoms with van der Waals surface area (Å²) in [5, 5.41) is 3.52. The summed E-state index contributed by atoms with van der Waals surface area (Å²) in [7, 11) is 1.68. The van der Waals surface area contributed by atoms with Crippen LogP contribution in [0.3, 0.4) is 0 Å². The molecular weight excluding hydrogens is 248 g/mol. The number of nitrogens with two attached hydrogens (primary N) is 1. The molecule has 106 valence electrons. The zero-order valence-electron chi connectivity index (χ0n) is 12.3. The Morgan fingerprint density at radius 3 is 2.60 bits per heavy atom. The van der Waals surface area contributed by atoms with E-state index in [-0.39, 0.29) is 6.04 Å². The number of methoxy groups -OCH3 is 1. The van der Waals surface area contributed by atoms with Gasteiger partial charge in [-0.3, -0.25) is 0 Å². The van der Waals surface area contributed by atoms with Crippen molar-refractivity contribution in [2.75, 3.05) is 19.0 Å². The third kappa shape index (κ3) is 3.11. The van der Waals surface area contributed by atoms with Gasteiger partial charge in [0.1, 0.15) is 5.75 Å². The first kappa shape index (κ1) is 14.4. The van der Waals surface area contributed by atoms with E-state index in [4.69, 9.17) is 10.5 Å². The summed E-state index contributed by atoms with van der Waals surface area (Å²) in [6.07, 6.45) is 0. The third-order valence-electron chi connectivity index (χ3n) is 3.67. The Morgan fingerprint density at radius 1 is 1.15 bits per heavy atom. The lowest BCUT2D eigenvalue weighted by molar-refractivity contribution is 0.414. The lowest BCUT2D eigenvalue weighted by Crippen LogP contribution is -2.21. The predicted molar refractivity (Wildman–Crippen MR) is 84.3 cm³/mol. The Bertz CT molecular complexity index is 581. The standard InChI is InChI=1S/C17H22N2O/c1-12-6-4-9-16(13(12)2)19-17(11-18)14-7-5-8-15(10-14)20-3/h4-10,17,19H,11,18H2,1-3H3. The Morgan fingerprint density at radius 2 is 1.90 bits per heavy atom. The van der Waals surface area contributed by atoms with Gasteiger partial charge in [-0.1, -0.05) is 24.3 Å². The number of hydrogen-bond acceptors (Lipinski definition) is 3. The number of anilines is 1. The van der Waals surface area contributed by atoms with Crippen molar-refractivity contribution in [3.05, 3.63) is 59.2 Å². The summed E-state index contributed by atoms with van der Waals surface area (Å²) < 4.78 is 5.27. The minimum absolute atomic E-state index is 0.0746. The van der Waals surface area contributed by atoms with Crippen molar-refractivity contribution in [2.24, 2.45) is 5.73 Å². The molecule has 0 aromatic heterocycles. The summed E-state index contributed by atoms with van der Waals surface area (Å²) >= 11 is 0. The molecule has 0 saturated carbocycles. The van der Waals surface area contributed by atoms with Crippen LogP contribution in [-0.2, 0) is 0 Å². The van der Waals surface area contributed by atoms with E-state index in [1.165, 1.54) is 11.1 Å². The summed E-state index contributed by atoms with van der Waals surface area (Å²) in [5.41, 5.74) is 10.7. The van der Waals surface area contributed by atoms with Gasteiger partial charge in [-0.25, -0.2) is 0 Å². The molecule has 0 radical (unpaired) electrons. The van der Waals surface area contributed by atoms with Gasteiger partial charge < -0.3 is 15.8 Å². The van der Waals surface area contributed by atoms with E-state index >= 15 is 0 Å². The summed E-state index contributed by atoms with van der Waals surface area (Å²) in [6.45, 7) is 4.76. The quantitative estimate of drug-likeness (QED) is 0.875. The summed E-state index contributed by atoms with van der Waals surface area (Å²) in [6, 6.07) is 14.4. The molecule has 1 atom stereocenters. The highest BCUT2D eigenvalue weighted by Gasteiger charge is 2.11. The van der Waals surface area contributed by atoms with Crippen molar-refractivity contribution in [3.63, 3.8) is 0 Å². The number of benzene rings is 2. The summed E-state index contributed by atoms with van der Waals surface area (Å²) in [5.74, 6) is 0.851. The van der Waals surface area contributed by atoms with Gasteiger partial charge in [0, 0.05) is 12.2 Å². The van der Waals surface area contributed by atoms with Gasteiger partial charge in [-0.05, 0) is 48.7 Å². The fourth-order valence-corrected chi connectivity index (χ4v) is 2.23.